The molecule has 0 saturated carbocycles. The van der Waals surface area contributed by atoms with Crippen LogP contribution >= 0.6 is 0 Å². The molecule has 0 fully saturated rings. The normalized spacial score (nSPS) is 12.1. The summed E-state index contributed by atoms with van der Waals surface area (Å²) in [5, 5.41) is 11.8. The van der Waals surface area contributed by atoms with Crippen LogP contribution in [0, 0.1) is 11.3 Å². The van der Waals surface area contributed by atoms with Crippen LogP contribution < -0.4 is 11.1 Å². The number of carbonyl (C=O) groups is 2. The van der Waals surface area contributed by atoms with Gasteiger partial charge in [-0.1, -0.05) is 18.2 Å². The lowest BCUT2D eigenvalue weighted by atomic mass is 10.0. The summed E-state index contributed by atoms with van der Waals surface area (Å²) >= 11 is 0. The lowest BCUT2D eigenvalue weighted by molar-refractivity contribution is -0.156. The van der Waals surface area contributed by atoms with Crippen molar-refractivity contribution in [2.24, 2.45) is 5.73 Å². The third kappa shape index (κ3) is 8.32. The predicted octanol–water partition coefficient (Wildman–Crippen LogP) is 2.06. The molecule has 0 heterocycles. The number of amides is 1. The van der Waals surface area contributed by atoms with Gasteiger partial charge in [0.2, 0.25) is 5.91 Å². The predicted molar refractivity (Wildman–Crippen MR) is 95.5 cm³/mol. The van der Waals surface area contributed by atoms with Gasteiger partial charge in [-0.15, -0.1) is 0 Å². The number of nitrogens with zero attached hydrogens (tertiary/aromatic N) is 1. The molecular weight excluding hydrogens is 318 g/mol. The van der Waals surface area contributed by atoms with Crippen LogP contribution in [0.3, 0.4) is 0 Å². The average Bonchev–Trinajstić information content (AvgIpc) is 2.52. The Balaban J connectivity index is 2.26. The molecule has 1 amide bonds. The minimum Gasteiger partial charge on any atom is -0.460 e. The maximum absolute atomic E-state index is 11.9. The highest BCUT2D eigenvalue weighted by molar-refractivity contribution is 5.86. The summed E-state index contributed by atoms with van der Waals surface area (Å²) in [5.74, 6) is -0.841. The number of nitrogens with one attached hydrogen (secondary N) is 1. The minimum atomic E-state index is -0.908. The van der Waals surface area contributed by atoms with Gasteiger partial charge in [0.25, 0.3) is 0 Å². The molecule has 6 heteroatoms. The van der Waals surface area contributed by atoms with E-state index in [9.17, 15) is 9.59 Å². The van der Waals surface area contributed by atoms with Gasteiger partial charge in [0.1, 0.15) is 5.60 Å². The summed E-state index contributed by atoms with van der Waals surface area (Å²) in [4.78, 5) is 23.5. The molecular formula is C19H27N3O3. The smallest absolute Gasteiger partial charge is 0.308 e. The highest BCUT2D eigenvalue weighted by atomic mass is 16.6. The van der Waals surface area contributed by atoms with Crippen LogP contribution in [-0.2, 0) is 20.7 Å². The molecule has 136 valence electrons. The quantitative estimate of drug-likeness (QED) is 0.554. The highest BCUT2D eigenvalue weighted by Crippen LogP contribution is 2.11. The van der Waals surface area contributed by atoms with Crippen LogP contribution in [0.1, 0.15) is 51.2 Å². The number of nitrogens with two attached hydrogens (primary N) is 1. The van der Waals surface area contributed by atoms with Crippen LogP contribution in [0.25, 0.3) is 0 Å². The highest BCUT2D eigenvalue weighted by Gasteiger charge is 2.22. The fraction of sp³-hybridized carbons (Fsp3) is 0.526. The van der Waals surface area contributed by atoms with Crippen LogP contribution in [0.15, 0.2) is 24.3 Å². The van der Waals surface area contributed by atoms with Gasteiger partial charge in [-0.25, -0.2) is 0 Å². The van der Waals surface area contributed by atoms with Crippen molar-refractivity contribution >= 4 is 11.9 Å². The number of ether oxygens (including phenoxy) is 1. The van der Waals surface area contributed by atoms with E-state index in [1.807, 2.05) is 18.2 Å². The summed E-state index contributed by atoms with van der Waals surface area (Å²) in [6.45, 7) is 5.78. The van der Waals surface area contributed by atoms with Crippen molar-refractivity contribution in [3.05, 3.63) is 35.4 Å². The van der Waals surface area contributed by atoms with E-state index in [0.29, 0.717) is 12.1 Å². The number of hydrogen-bond donors (Lipinski definition) is 2. The van der Waals surface area contributed by atoms with Crippen LogP contribution in [-0.4, -0.2) is 30.1 Å². The fourth-order valence-corrected chi connectivity index (χ4v) is 2.29. The molecule has 1 aromatic carbocycles. The van der Waals surface area contributed by atoms with E-state index in [2.05, 4.69) is 11.4 Å². The molecule has 0 aromatic heterocycles. The molecule has 1 rings (SSSR count). The van der Waals surface area contributed by atoms with Gasteiger partial charge in [-0.3, -0.25) is 9.59 Å². The standard InChI is InChI=1S/C19H27N3O3/c1-19(2,3)25-17(23)12-16(21)18(24)22-11-7-6-9-14-8-4-5-10-15(14)13-20/h4-5,8,10,16H,6-7,9,11-12,21H2,1-3H3,(H,22,24). The number of nitriles is 1. The summed E-state index contributed by atoms with van der Waals surface area (Å²) in [6, 6.07) is 8.75. The Kier molecular flexibility index (Phi) is 8.09. The van der Waals surface area contributed by atoms with Gasteiger partial charge in [0.05, 0.1) is 24.1 Å². The van der Waals surface area contributed by atoms with Crippen molar-refractivity contribution in [3.8, 4) is 6.07 Å². The fourth-order valence-electron chi connectivity index (χ4n) is 2.29. The molecule has 0 aliphatic heterocycles. The van der Waals surface area contributed by atoms with E-state index in [1.165, 1.54) is 0 Å². The van der Waals surface area contributed by atoms with Crippen molar-refractivity contribution < 1.29 is 14.3 Å². The number of unbranched alkanes of at least 4 members (excludes halogenated alkanes) is 1. The Bertz CT molecular complexity index is 630. The molecule has 1 aromatic rings. The van der Waals surface area contributed by atoms with Crippen LogP contribution in [0.4, 0.5) is 0 Å². The first-order valence-corrected chi connectivity index (χ1v) is 8.46. The van der Waals surface area contributed by atoms with Gasteiger partial charge >= 0.3 is 5.97 Å². The zero-order valence-corrected chi connectivity index (χ0v) is 15.2. The number of benzene rings is 1. The molecule has 0 bridgehead atoms. The number of rotatable bonds is 8. The summed E-state index contributed by atoms with van der Waals surface area (Å²) in [6.07, 6.45) is 2.26. The SMILES string of the molecule is CC(C)(C)OC(=O)CC(N)C(=O)NCCCCc1ccccc1C#N. The Hall–Kier alpha value is -2.39. The van der Waals surface area contributed by atoms with E-state index in [1.54, 1.807) is 26.8 Å². The third-order valence-electron chi connectivity index (χ3n) is 3.45. The molecule has 0 saturated heterocycles. The number of carbonyl (C=O) groups excluding carboxylic acids is 2. The van der Waals surface area contributed by atoms with Crippen molar-refractivity contribution in [2.75, 3.05) is 6.54 Å². The first-order chi connectivity index (χ1) is 11.7. The van der Waals surface area contributed by atoms with Gasteiger partial charge in [0.15, 0.2) is 0 Å². The topological polar surface area (TPSA) is 105 Å². The average molecular weight is 345 g/mol. The van der Waals surface area contributed by atoms with Gasteiger partial charge in [0, 0.05) is 6.54 Å². The van der Waals surface area contributed by atoms with Crippen LogP contribution in [0.5, 0.6) is 0 Å². The van der Waals surface area contributed by atoms with Gasteiger partial charge in [-0.05, 0) is 51.7 Å². The number of esters is 1. The molecule has 1 unspecified atom stereocenters. The molecule has 6 nitrogen and oxygen atoms in total. The molecule has 0 spiro atoms. The monoisotopic (exact) mass is 345 g/mol. The Morgan fingerprint density at radius 3 is 2.60 bits per heavy atom. The summed E-state index contributed by atoms with van der Waals surface area (Å²) in [7, 11) is 0. The van der Waals surface area contributed by atoms with Crippen molar-refractivity contribution in [2.45, 2.75) is 58.1 Å². The van der Waals surface area contributed by atoms with Crippen LogP contribution in [0.2, 0.25) is 0 Å². The van der Waals surface area contributed by atoms with E-state index >= 15 is 0 Å². The molecule has 0 aliphatic carbocycles. The van der Waals surface area contributed by atoms with Gasteiger partial charge < -0.3 is 15.8 Å². The first-order valence-electron chi connectivity index (χ1n) is 8.46. The number of hydrogen-bond acceptors (Lipinski definition) is 5. The zero-order chi connectivity index (χ0) is 18.9. The Morgan fingerprint density at radius 2 is 1.96 bits per heavy atom. The Morgan fingerprint density at radius 1 is 1.28 bits per heavy atom. The minimum absolute atomic E-state index is 0.140. The van der Waals surface area contributed by atoms with E-state index in [4.69, 9.17) is 15.7 Å². The van der Waals surface area contributed by atoms with E-state index in [0.717, 1.165) is 24.8 Å². The maximum atomic E-state index is 11.9. The molecule has 0 aliphatic rings. The lowest BCUT2D eigenvalue weighted by Gasteiger charge is -2.20. The van der Waals surface area contributed by atoms with E-state index < -0.39 is 17.6 Å². The van der Waals surface area contributed by atoms with Gasteiger partial charge in [-0.2, -0.15) is 5.26 Å². The molecule has 1 atom stereocenters. The third-order valence-corrected chi connectivity index (χ3v) is 3.45. The second-order valence-electron chi connectivity index (χ2n) is 6.91. The second-order valence-corrected chi connectivity index (χ2v) is 6.91. The summed E-state index contributed by atoms with van der Waals surface area (Å²) in [5.41, 5.74) is 6.84. The first kappa shape index (κ1) is 20.7. The van der Waals surface area contributed by atoms with Crippen molar-refractivity contribution in [1.29, 1.82) is 5.26 Å². The summed E-state index contributed by atoms with van der Waals surface area (Å²) < 4.78 is 5.15. The second kappa shape index (κ2) is 9.80. The lowest BCUT2D eigenvalue weighted by Crippen LogP contribution is -2.43. The Labute approximate surface area is 149 Å². The largest absolute Gasteiger partial charge is 0.460 e. The maximum Gasteiger partial charge on any atom is 0.308 e. The number of aryl methyl sites for hydroxylation is 1. The molecule has 0 radical (unpaired) electrons. The van der Waals surface area contributed by atoms with Crippen molar-refractivity contribution in [1.82, 2.24) is 5.32 Å². The molecule has 3 N–H and O–H groups in total. The van der Waals surface area contributed by atoms with E-state index in [-0.39, 0.29) is 12.3 Å². The van der Waals surface area contributed by atoms with Crippen molar-refractivity contribution in [3.63, 3.8) is 0 Å². The zero-order valence-electron chi connectivity index (χ0n) is 15.2. The molecule has 25 heavy (non-hydrogen) atoms.